The number of hydrogen-bond acceptors (Lipinski definition) is 4. The van der Waals surface area contributed by atoms with Gasteiger partial charge in [0.1, 0.15) is 5.75 Å². The number of amides is 1. The van der Waals surface area contributed by atoms with E-state index in [-0.39, 0.29) is 24.0 Å². The lowest BCUT2D eigenvalue weighted by atomic mass is 10.1. The molecule has 0 saturated heterocycles. The number of carbonyl (C=O) groups excluding carboxylic acids is 2. The maximum absolute atomic E-state index is 11.9. The minimum atomic E-state index is -0.0427. The molecule has 0 spiro atoms. The Kier molecular flexibility index (Phi) is 5.32. The number of hydrogen-bond donors (Lipinski definition) is 2. The summed E-state index contributed by atoms with van der Waals surface area (Å²) >= 11 is 0. The molecule has 5 nitrogen and oxygen atoms in total. The van der Waals surface area contributed by atoms with E-state index in [0.717, 1.165) is 0 Å². The third kappa shape index (κ3) is 4.55. The first-order chi connectivity index (χ1) is 8.52. The molecule has 0 unspecified atom stereocenters. The number of aromatic hydroxyl groups is 1. The summed E-state index contributed by atoms with van der Waals surface area (Å²) in [6, 6.07) is 6.14. The van der Waals surface area contributed by atoms with Crippen molar-refractivity contribution in [1.82, 2.24) is 10.2 Å². The van der Waals surface area contributed by atoms with Crippen LogP contribution in [-0.2, 0) is 4.79 Å². The summed E-state index contributed by atoms with van der Waals surface area (Å²) in [4.78, 5) is 24.7. The zero-order valence-corrected chi connectivity index (χ0v) is 10.6. The van der Waals surface area contributed by atoms with E-state index < -0.39 is 0 Å². The van der Waals surface area contributed by atoms with Crippen LogP contribution in [-0.4, -0.2) is 48.9 Å². The molecule has 1 aromatic carbocycles. The predicted molar refractivity (Wildman–Crippen MR) is 68.6 cm³/mol. The molecule has 18 heavy (non-hydrogen) atoms. The van der Waals surface area contributed by atoms with Crippen molar-refractivity contribution in [1.29, 1.82) is 0 Å². The molecule has 98 valence electrons. The summed E-state index contributed by atoms with van der Waals surface area (Å²) < 4.78 is 0. The number of ketones is 1. The minimum absolute atomic E-state index is 0.0330. The number of phenols is 1. The molecule has 0 heterocycles. The number of nitrogens with one attached hydrogen (secondary N) is 1. The van der Waals surface area contributed by atoms with E-state index in [0.29, 0.717) is 18.5 Å². The van der Waals surface area contributed by atoms with E-state index in [1.807, 2.05) is 0 Å². The van der Waals surface area contributed by atoms with Gasteiger partial charge in [-0.25, -0.2) is 0 Å². The number of rotatable bonds is 6. The maximum atomic E-state index is 11.9. The van der Waals surface area contributed by atoms with Crippen molar-refractivity contribution >= 4 is 11.7 Å². The molecule has 0 radical (unpaired) electrons. The molecular formula is C13H18N2O3. The smallest absolute Gasteiger partial charge is 0.221 e. The molecule has 0 aliphatic heterocycles. The van der Waals surface area contributed by atoms with Crippen LogP contribution in [0.1, 0.15) is 16.8 Å². The first kappa shape index (κ1) is 14.2. The highest BCUT2D eigenvalue weighted by molar-refractivity contribution is 5.97. The highest BCUT2D eigenvalue weighted by atomic mass is 16.3. The molecule has 1 aromatic rings. The highest BCUT2D eigenvalue weighted by Gasteiger charge is 2.10. The lowest BCUT2D eigenvalue weighted by Gasteiger charge is -2.15. The molecule has 2 N–H and O–H groups in total. The molecule has 1 rings (SSSR count). The Morgan fingerprint density at radius 1 is 1.28 bits per heavy atom. The molecule has 0 fully saturated rings. The van der Waals surface area contributed by atoms with Gasteiger partial charge >= 0.3 is 0 Å². The van der Waals surface area contributed by atoms with Gasteiger partial charge in [0.25, 0.3) is 0 Å². The molecular weight excluding hydrogens is 232 g/mol. The van der Waals surface area contributed by atoms with Crippen molar-refractivity contribution in [3.63, 3.8) is 0 Å². The Labute approximate surface area is 106 Å². The van der Waals surface area contributed by atoms with Crippen LogP contribution in [0.25, 0.3) is 0 Å². The molecule has 5 heteroatoms. The standard InChI is InChI=1S/C13H18N2O3/c1-14-13(18)7-8-15(2)9-12(17)10-3-5-11(16)6-4-10/h3-6,16H,7-9H2,1-2H3,(H,14,18). The summed E-state index contributed by atoms with van der Waals surface area (Å²) in [6.07, 6.45) is 0.371. The van der Waals surface area contributed by atoms with Gasteiger partial charge in [-0.1, -0.05) is 0 Å². The van der Waals surface area contributed by atoms with Crippen LogP contribution < -0.4 is 5.32 Å². The number of carbonyl (C=O) groups is 2. The van der Waals surface area contributed by atoms with Gasteiger partial charge in [-0.3, -0.25) is 14.5 Å². The predicted octanol–water partition coefficient (Wildman–Crippen LogP) is 0.643. The summed E-state index contributed by atoms with van der Waals surface area (Å²) in [5.74, 6) is 0.0628. The Bertz CT molecular complexity index is 415. The van der Waals surface area contributed by atoms with Gasteiger partial charge in [0, 0.05) is 25.6 Å². The van der Waals surface area contributed by atoms with Crippen LogP contribution in [0.4, 0.5) is 0 Å². The van der Waals surface area contributed by atoms with Crippen LogP contribution in [0.15, 0.2) is 24.3 Å². The third-order valence-corrected chi connectivity index (χ3v) is 2.60. The molecule has 0 saturated carbocycles. The second kappa shape index (κ2) is 6.76. The van der Waals surface area contributed by atoms with Crippen LogP contribution in [0.3, 0.4) is 0 Å². The molecule has 1 amide bonds. The molecule has 0 aliphatic rings. The van der Waals surface area contributed by atoms with Crippen molar-refractivity contribution in [3.05, 3.63) is 29.8 Å². The minimum Gasteiger partial charge on any atom is -0.508 e. The average Bonchev–Trinajstić information content (AvgIpc) is 2.36. The monoisotopic (exact) mass is 250 g/mol. The van der Waals surface area contributed by atoms with Crippen LogP contribution in [0.2, 0.25) is 0 Å². The number of phenolic OH excluding ortho intramolecular Hbond substituents is 1. The topological polar surface area (TPSA) is 69.6 Å². The number of Topliss-reactive ketones (excluding diaryl/α,β-unsaturated/α-hetero) is 1. The molecule has 0 atom stereocenters. The van der Waals surface area contributed by atoms with Crippen molar-refractivity contribution in [2.24, 2.45) is 0 Å². The van der Waals surface area contributed by atoms with Gasteiger partial charge in [0.05, 0.1) is 6.54 Å². The number of benzene rings is 1. The Balaban J connectivity index is 2.44. The van der Waals surface area contributed by atoms with Crippen LogP contribution in [0.5, 0.6) is 5.75 Å². The average molecular weight is 250 g/mol. The first-order valence-corrected chi connectivity index (χ1v) is 5.74. The van der Waals surface area contributed by atoms with Crippen LogP contribution in [0, 0.1) is 0 Å². The fraction of sp³-hybridized carbons (Fsp3) is 0.385. The Morgan fingerprint density at radius 3 is 2.44 bits per heavy atom. The van der Waals surface area contributed by atoms with Crippen molar-refractivity contribution < 1.29 is 14.7 Å². The zero-order chi connectivity index (χ0) is 13.5. The zero-order valence-electron chi connectivity index (χ0n) is 10.6. The second-order valence-electron chi connectivity index (χ2n) is 4.13. The second-order valence-corrected chi connectivity index (χ2v) is 4.13. The third-order valence-electron chi connectivity index (χ3n) is 2.60. The first-order valence-electron chi connectivity index (χ1n) is 5.74. The summed E-state index contributed by atoms with van der Waals surface area (Å²) in [7, 11) is 3.38. The fourth-order valence-corrected chi connectivity index (χ4v) is 1.48. The summed E-state index contributed by atoms with van der Waals surface area (Å²) in [5, 5.41) is 11.7. The van der Waals surface area contributed by atoms with E-state index in [1.165, 1.54) is 12.1 Å². The van der Waals surface area contributed by atoms with Gasteiger partial charge in [-0.05, 0) is 31.3 Å². The quantitative estimate of drug-likeness (QED) is 0.727. The van der Waals surface area contributed by atoms with E-state index in [9.17, 15) is 9.59 Å². The summed E-state index contributed by atoms with van der Waals surface area (Å²) in [6.45, 7) is 0.783. The van der Waals surface area contributed by atoms with Gasteiger partial charge in [0.15, 0.2) is 5.78 Å². The molecule has 0 aromatic heterocycles. The SMILES string of the molecule is CNC(=O)CCN(C)CC(=O)c1ccc(O)cc1. The highest BCUT2D eigenvalue weighted by Crippen LogP contribution is 2.10. The molecule has 0 bridgehead atoms. The largest absolute Gasteiger partial charge is 0.508 e. The molecule has 0 aliphatic carbocycles. The lowest BCUT2D eigenvalue weighted by Crippen LogP contribution is -2.30. The fourth-order valence-electron chi connectivity index (χ4n) is 1.48. The van der Waals surface area contributed by atoms with Crippen molar-refractivity contribution in [2.45, 2.75) is 6.42 Å². The van der Waals surface area contributed by atoms with E-state index in [4.69, 9.17) is 5.11 Å². The van der Waals surface area contributed by atoms with Gasteiger partial charge in [-0.2, -0.15) is 0 Å². The van der Waals surface area contributed by atoms with Gasteiger partial charge < -0.3 is 10.4 Å². The van der Waals surface area contributed by atoms with Crippen LogP contribution >= 0.6 is 0 Å². The normalized spacial score (nSPS) is 10.4. The lowest BCUT2D eigenvalue weighted by molar-refractivity contribution is -0.120. The van der Waals surface area contributed by atoms with E-state index in [1.54, 1.807) is 31.1 Å². The summed E-state index contributed by atoms with van der Waals surface area (Å²) in [5.41, 5.74) is 0.555. The number of nitrogens with zero attached hydrogens (tertiary/aromatic N) is 1. The Morgan fingerprint density at radius 2 is 1.89 bits per heavy atom. The maximum Gasteiger partial charge on any atom is 0.221 e. The van der Waals surface area contributed by atoms with E-state index in [2.05, 4.69) is 5.32 Å². The van der Waals surface area contributed by atoms with E-state index >= 15 is 0 Å². The van der Waals surface area contributed by atoms with Gasteiger partial charge in [0.2, 0.25) is 5.91 Å². The van der Waals surface area contributed by atoms with Crippen molar-refractivity contribution in [3.8, 4) is 5.75 Å². The van der Waals surface area contributed by atoms with Crippen molar-refractivity contribution in [2.75, 3.05) is 27.2 Å². The number of likely N-dealkylation sites (N-methyl/N-ethyl adjacent to an activating group) is 1. The van der Waals surface area contributed by atoms with Gasteiger partial charge in [-0.15, -0.1) is 0 Å². The Hall–Kier alpha value is -1.88.